The number of rotatable bonds is 6. The average Bonchev–Trinajstić information content (AvgIpc) is 3.19. The van der Waals surface area contributed by atoms with Crippen molar-refractivity contribution in [1.29, 1.82) is 0 Å². The summed E-state index contributed by atoms with van der Waals surface area (Å²) < 4.78 is 5.98. The molecule has 0 spiro atoms. The van der Waals surface area contributed by atoms with E-state index in [0.717, 1.165) is 30.6 Å². The van der Waals surface area contributed by atoms with E-state index in [9.17, 15) is 14.7 Å². The molecule has 0 aromatic carbocycles. The Morgan fingerprint density at radius 3 is 2.42 bits per heavy atom. The lowest BCUT2D eigenvalue weighted by Gasteiger charge is -2.44. The van der Waals surface area contributed by atoms with Crippen molar-refractivity contribution in [1.82, 2.24) is 4.98 Å². The molecule has 2 aromatic rings. The number of ether oxygens (including phenoxy) is 1. The minimum atomic E-state index is -0.971. The third-order valence-corrected chi connectivity index (χ3v) is 8.41. The Kier molecular flexibility index (Phi) is 6.80. The molecule has 0 unspecified atom stereocenters. The van der Waals surface area contributed by atoms with E-state index in [1.165, 1.54) is 11.3 Å². The van der Waals surface area contributed by atoms with E-state index in [4.69, 9.17) is 4.74 Å². The molecule has 2 aliphatic carbocycles. The van der Waals surface area contributed by atoms with Crippen molar-refractivity contribution in [2.75, 3.05) is 4.90 Å². The first-order valence-corrected chi connectivity index (χ1v) is 12.7. The van der Waals surface area contributed by atoms with Crippen LogP contribution in [-0.2, 0) is 10.2 Å². The van der Waals surface area contributed by atoms with Gasteiger partial charge in [0.05, 0.1) is 5.69 Å². The van der Waals surface area contributed by atoms with Crippen LogP contribution in [0.3, 0.4) is 0 Å². The maximum atomic E-state index is 13.8. The Hall–Kier alpha value is -2.41. The van der Waals surface area contributed by atoms with Gasteiger partial charge in [-0.1, -0.05) is 33.8 Å². The zero-order valence-corrected chi connectivity index (χ0v) is 20.7. The van der Waals surface area contributed by atoms with E-state index >= 15 is 0 Å². The topological polar surface area (TPSA) is 79.7 Å². The second kappa shape index (κ2) is 9.45. The molecule has 2 heterocycles. The fraction of sp³-hybridized carbons (Fsp3) is 0.577. The van der Waals surface area contributed by atoms with E-state index in [0.29, 0.717) is 30.3 Å². The highest BCUT2D eigenvalue weighted by Crippen LogP contribution is 2.43. The number of nitrogens with zero attached hydrogens (tertiary/aromatic N) is 2. The van der Waals surface area contributed by atoms with Crippen LogP contribution in [-0.4, -0.2) is 34.1 Å². The molecular formula is C26H34N2O4S. The molecule has 2 saturated carbocycles. The van der Waals surface area contributed by atoms with Crippen LogP contribution in [0.15, 0.2) is 30.5 Å². The molecule has 178 valence electrons. The number of aromatic carboxylic acids is 1. The van der Waals surface area contributed by atoms with Crippen molar-refractivity contribution in [3.05, 3.63) is 40.2 Å². The lowest BCUT2D eigenvalue weighted by Crippen LogP contribution is -2.54. The molecule has 1 amide bonds. The van der Waals surface area contributed by atoms with E-state index in [1.54, 1.807) is 6.20 Å². The van der Waals surface area contributed by atoms with Crippen molar-refractivity contribution in [2.45, 2.75) is 83.8 Å². The van der Waals surface area contributed by atoms with Gasteiger partial charge in [-0.15, -0.1) is 11.3 Å². The van der Waals surface area contributed by atoms with Gasteiger partial charge in [0.1, 0.15) is 11.0 Å². The number of pyridine rings is 1. The highest BCUT2D eigenvalue weighted by Gasteiger charge is 2.43. The molecule has 2 aromatic heterocycles. The number of carboxylic acid groups (broad SMARTS) is 1. The molecule has 1 N–H and O–H groups in total. The molecule has 0 saturated heterocycles. The number of carboxylic acids is 1. The summed E-state index contributed by atoms with van der Waals surface area (Å²) in [5.41, 5.74) is 0.370. The molecule has 0 radical (unpaired) electrons. The second-order valence-electron chi connectivity index (χ2n) is 10.6. The van der Waals surface area contributed by atoms with Crippen LogP contribution in [0.4, 0.5) is 5.69 Å². The summed E-state index contributed by atoms with van der Waals surface area (Å²) in [4.78, 5) is 33.3. The number of amides is 1. The minimum Gasteiger partial charge on any atom is -0.477 e. The summed E-state index contributed by atoms with van der Waals surface area (Å²) in [5, 5.41) is 9.98. The summed E-state index contributed by atoms with van der Waals surface area (Å²) >= 11 is 1.29. The van der Waals surface area contributed by atoms with Crippen LogP contribution in [0.2, 0.25) is 0 Å². The van der Waals surface area contributed by atoms with Gasteiger partial charge in [-0.05, 0) is 49.1 Å². The monoisotopic (exact) mass is 470 g/mol. The van der Waals surface area contributed by atoms with Crippen LogP contribution in [0.1, 0.15) is 80.8 Å². The molecule has 7 heteroatoms. The minimum absolute atomic E-state index is 0.0272. The van der Waals surface area contributed by atoms with Gasteiger partial charge in [0, 0.05) is 41.9 Å². The Morgan fingerprint density at radius 1 is 1.15 bits per heavy atom. The molecule has 6 nitrogen and oxygen atoms in total. The van der Waals surface area contributed by atoms with Gasteiger partial charge in [0.2, 0.25) is 11.8 Å². The van der Waals surface area contributed by atoms with Gasteiger partial charge in [0.15, 0.2) is 0 Å². The van der Waals surface area contributed by atoms with E-state index in [-0.39, 0.29) is 34.3 Å². The number of anilines is 1. The average molecular weight is 471 g/mol. The zero-order chi connectivity index (χ0) is 23.8. The van der Waals surface area contributed by atoms with Crippen molar-refractivity contribution < 1.29 is 19.4 Å². The molecule has 2 aliphatic rings. The van der Waals surface area contributed by atoms with Gasteiger partial charge in [-0.25, -0.2) is 9.78 Å². The number of carbonyl (C=O) groups is 2. The lowest BCUT2D eigenvalue weighted by atomic mass is 9.80. The van der Waals surface area contributed by atoms with E-state index in [1.807, 2.05) is 29.2 Å². The van der Waals surface area contributed by atoms with Crippen molar-refractivity contribution in [2.24, 2.45) is 11.8 Å². The van der Waals surface area contributed by atoms with Crippen LogP contribution >= 0.6 is 11.3 Å². The Morgan fingerprint density at radius 2 is 1.85 bits per heavy atom. The highest BCUT2D eigenvalue weighted by molar-refractivity contribution is 7.14. The summed E-state index contributed by atoms with van der Waals surface area (Å²) in [5.74, 6) is 0.282. The Labute approximate surface area is 200 Å². The number of hydrogen-bond acceptors (Lipinski definition) is 5. The van der Waals surface area contributed by atoms with Gasteiger partial charge in [-0.3, -0.25) is 4.79 Å². The third kappa shape index (κ3) is 5.24. The first-order valence-electron chi connectivity index (χ1n) is 11.9. The van der Waals surface area contributed by atoms with Gasteiger partial charge >= 0.3 is 5.97 Å². The molecule has 2 fully saturated rings. The smallest absolute Gasteiger partial charge is 0.348 e. The third-order valence-electron chi connectivity index (χ3n) is 6.87. The standard InChI is InChI=1S/C26H34N2O4S/c1-16-8-10-17(11-9-16)24(29)28(18-13-19(14-18)32-22-7-5-6-12-27-22)20-15-21(26(2,3)4)33-23(20)25(30)31/h5-7,12,15-19H,8-11,13-14H2,1-4H3,(H,30,31). The fourth-order valence-corrected chi connectivity index (χ4v) is 5.76. The first-order chi connectivity index (χ1) is 15.6. The van der Waals surface area contributed by atoms with Crippen molar-refractivity contribution >= 4 is 28.9 Å². The number of thiophene rings is 1. The molecule has 0 atom stereocenters. The summed E-state index contributed by atoms with van der Waals surface area (Å²) in [6, 6.07) is 7.43. The van der Waals surface area contributed by atoms with Crippen molar-refractivity contribution in [3.63, 3.8) is 0 Å². The number of hydrogen-bond donors (Lipinski definition) is 1. The predicted octanol–water partition coefficient (Wildman–Crippen LogP) is 5.91. The largest absolute Gasteiger partial charge is 0.477 e. The lowest BCUT2D eigenvalue weighted by molar-refractivity contribution is -0.124. The Bertz CT molecular complexity index is 983. The quantitative estimate of drug-likeness (QED) is 0.568. The molecule has 33 heavy (non-hydrogen) atoms. The number of aromatic nitrogens is 1. The van der Waals surface area contributed by atoms with E-state index in [2.05, 4.69) is 32.7 Å². The van der Waals surface area contributed by atoms with E-state index < -0.39 is 5.97 Å². The second-order valence-corrected chi connectivity index (χ2v) is 11.6. The molecule has 0 bridgehead atoms. The molecule has 4 rings (SSSR count). The molecule has 0 aliphatic heterocycles. The SMILES string of the molecule is CC1CCC(C(=O)N(c2cc(C(C)(C)C)sc2C(=O)O)C2CC(Oc3ccccn3)C2)CC1. The number of carbonyl (C=O) groups excluding carboxylic acids is 1. The maximum absolute atomic E-state index is 13.8. The maximum Gasteiger partial charge on any atom is 0.348 e. The van der Waals surface area contributed by atoms with Crippen LogP contribution in [0.25, 0.3) is 0 Å². The zero-order valence-electron chi connectivity index (χ0n) is 19.9. The normalized spacial score (nSPS) is 25.2. The van der Waals surface area contributed by atoms with Crippen LogP contribution in [0.5, 0.6) is 5.88 Å². The summed E-state index contributed by atoms with van der Waals surface area (Å²) in [7, 11) is 0. The molecular weight excluding hydrogens is 436 g/mol. The van der Waals surface area contributed by atoms with Gasteiger partial charge < -0.3 is 14.7 Å². The van der Waals surface area contributed by atoms with Crippen LogP contribution in [0, 0.1) is 11.8 Å². The van der Waals surface area contributed by atoms with Gasteiger partial charge in [0.25, 0.3) is 0 Å². The van der Waals surface area contributed by atoms with Crippen molar-refractivity contribution in [3.8, 4) is 5.88 Å². The summed E-state index contributed by atoms with van der Waals surface area (Å²) in [6.45, 7) is 8.45. The highest BCUT2D eigenvalue weighted by atomic mass is 32.1. The van der Waals surface area contributed by atoms with Crippen LogP contribution < -0.4 is 9.64 Å². The fourth-order valence-electron chi connectivity index (χ4n) is 4.71. The summed E-state index contributed by atoms with van der Waals surface area (Å²) in [6.07, 6.45) is 6.85. The predicted molar refractivity (Wildman–Crippen MR) is 130 cm³/mol. The Balaban J connectivity index is 1.61. The van der Waals surface area contributed by atoms with Gasteiger partial charge in [-0.2, -0.15) is 0 Å². The first kappa shape index (κ1) is 23.7.